The van der Waals surface area contributed by atoms with Gasteiger partial charge in [-0.3, -0.25) is 4.79 Å². The second-order valence-corrected chi connectivity index (χ2v) is 5.92. The van der Waals surface area contributed by atoms with E-state index in [9.17, 15) is 13.2 Å². The second kappa shape index (κ2) is 4.15. The minimum atomic E-state index is -3.68. The average Bonchev–Trinajstić information content (AvgIpc) is 2.85. The Labute approximate surface area is 98.9 Å². The van der Waals surface area contributed by atoms with Gasteiger partial charge in [-0.15, -0.1) is 0 Å². The van der Waals surface area contributed by atoms with Gasteiger partial charge < -0.3 is 9.52 Å². The summed E-state index contributed by atoms with van der Waals surface area (Å²) in [5, 5.41) is 8.70. The van der Waals surface area contributed by atoms with E-state index in [0.717, 1.165) is 4.31 Å². The predicted octanol–water partition coefficient (Wildman–Crippen LogP) is 0.683. The number of carboxylic acid groups (broad SMARTS) is 1. The molecule has 0 saturated carbocycles. The quantitative estimate of drug-likeness (QED) is 0.862. The topological polar surface area (TPSA) is 87.8 Å². The summed E-state index contributed by atoms with van der Waals surface area (Å²) in [6.07, 6.45) is 0.342. The Kier molecular flexibility index (Phi) is 2.96. The molecule has 94 valence electrons. The van der Waals surface area contributed by atoms with E-state index < -0.39 is 21.9 Å². The lowest BCUT2D eigenvalue weighted by Gasteiger charge is -2.13. The van der Waals surface area contributed by atoms with Crippen LogP contribution in [0.15, 0.2) is 21.6 Å². The van der Waals surface area contributed by atoms with E-state index in [1.807, 2.05) is 0 Å². The highest BCUT2D eigenvalue weighted by Gasteiger charge is 2.37. The third-order valence-corrected chi connectivity index (χ3v) is 4.55. The summed E-state index contributed by atoms with van der Waals surface area (Å²) in [7, 11) is -3.68. The molecule has 2 heterocycles. The van der Waals surface area contributed by atoms with Gasteiger partial charge in [0, 0.05) is 13.1 Å². The number of carbonyl (C=O) groups is 1. The van der Waals surface area contributed by atoms with Crippen LogP contribution in [0.25, 0.3) is 0 Å². The van der Waals surface area contributed by atoms with E-state index in [1.54, 1.807) is 13.0 Å². The third kappa shape index (κ3) is 2.20. The summed E-state index contributed by atoms with van der Waals surface area (Å²) < 4.78 is 30.3. The summed E-state index contributed by atoms with van der Waals surface area (Å²) >= 11 is 0. The van der Waals surface area contributed by atoms with Gasteiger partial charge in [-0.25, -0.2) is 8.42 Å². The Morgan fingerprint density at radius 2 is 2.24 bits per heavy atom. The standard InChI is InChI=1S/C10H13NO5S/c1-7-2-3-9(16-7)17(14,15)11-5-4-8(6-11)10(12)13/h2-3,8H,4-6H2,1H3,(H,12,13). The number of aryl methyl sites for hydroxylation is 1. The normalized spacial score (nSPS) is 21.8. The fourth-order valence-corrected chi connectivity index (χ4v) is 3.28. The first-order chi connectivity index (χ1) is 7.91. The molecule has 1 aromatic rings. The molecule has 6 nitrogen and oxygen atoms in total. The molecule has 7 heteroatoms. The lowest BCUT2D eigenvalue weighted by molar-refractivity contribution is -0.141. The van der Waals surface area contributed by atoms with E-state index in [1.165, 1.54) is 6.07 Å². The largest absolute Gasteiger partial charge is 0.481 e. The van der Waals surface area contributed by atoms with E-state index >= 15 is 0 Å². The lowest BCUT2D eigenvalue weighted by Crippen LogP contribution is -2.29. The predicted molar refractivity (Wildman–Crippen MR) is 57.9 cm³/mol. The minimum absolute atomic E-state index is 0.0113. The monoisotopic (exact) mass is 259 g/mol. The van der Waals surface area contributed by atoms with Crippen molar-refractivity contribution >= 4 is 16.0 Å². The zero-order chi connectivity index (χ0) is 12.6. The number of hydrogen-bond donors (Lipinski definition) is 1. The zero-order valence-electron chi connectivity index (χ0n) is 9.29. The molecule has 0 radical (unpaired) electrons. The SMILES string of the molecule is Cc1ccc(S(=O)(=O)N2CCC(C(=O)O)C2)o1. The maximum Gasteiger partial charge on any atom is 0.307 e. The first-order valence-electron chi connectivity index (χ1n) is 5.20. The molecule has 1 fully saturated rings. The van der Waals surface area contributed by atoms with E-state index in [0.29, 0.717) is 12.2 Å². The summed E-state index contributed by atoms with van der Waals surface area (Å²) in [4.78, 5) is 10.8. The van der Waals surface area contributed by atoms with Gasteiger partial charge in [-0.05, 0) is 25.5 Å². The highest BCUT2D eigenvalue weighted by atomic mass is 32.2. The molecule has 0 spiro atoms. The molecule has 1 aromatic heterocycles. The highest BCUT2D eigenvalue weighted by Crippen LogP contribution is 2.25. The van der Waals surface area contributed by atoms with Crippen molar-refractivity contribution in [2.75, 3.05) is 13.1 Å². The Balaban J connectivity index is 2.21. The Bertz CT molecular complexity index is 533. The van der Waals surface area contributed by atoms with Crippen molar-refractivity contribution < 1.29 is 22.7 Å². The molecule has 1 unspecified atom stereocenters. The number of sulfonamides is 1. The van der Waals surface area contributed by atoms with Crippen molar-refractivity contribution in [2.24, 2.45) is 5.92 Å². The van der Waals surface area contributed by atoms with Crippen LogP contribution in [0.3, 0.4) is 0 Å². The van der Waals surface area contributed by atoms with Crippen molar-refractivity contribution in [3.05, 3.63) is 17.9 Å². The van der Waals surface area contributed by atoms with Crippen molar-refractivity contribution in [3.8, 4) is 0 Å². The van der Waals surface area contributed by atoms with Gasteiger partial charge in [-0.2, -0.15) is 4.31 Å². The number of aliphatic carboxylic acids is 1. The number of rotatable bonds is 3. The van der Waals surface area contributed by atoms with Crippen LogP contribution in [0, 0.1) is 12.8 Å². The highest BCUT2D eigenvalue weighted by molar-refractivity contribution is 7.89. The molecule has 1 atom stereocenters. The van der Waals surface area contributed by atoms with Crippen LogP contribution in [-0.2, 0) is 14.8 Å². The molecule has 0 amide bonds. The van der Waals surface area contributed by atoms with Gasteiger partial charge in [0.2, 0.25) is 5.09 Å². The molecule has 0 bridgehead atoms. The van der Waals surface area contributed by atoms with Gasteiger partial charge in [0.1, 0.15) is 5.76 Å². The number of furan rings is 1. The molecular weight excluding hydrogens is 246 g/mol. The second-order valence-electron chi connectivity index (χ2n) is 4.05. The van der Waals surface area contributed by atoms with Crippen molar-refractivity contribution in [2.45, 2.75) is 18.4 Å². The molecule has 1 aliphatic rings. The summed E-state index contributed by atoms with van der Waals surface area (Å²) in [5.74, 6) is -1.07. The van der Waals surface area contributed by atoms with Crippen molar-refractivity contribution in [1.82, 2.24) is 4.31 Å². The Morgan fingerprint density at radius 1 is 1.53 bits per heavy atom. The van der Waals surface area contributed by atoms with Crippen LogP contribution in [0.2, 0.25) is 0 Å². The smallest absolute Gasteiger partial charge is 0.307 e. The Hall–Kier alpha value is -1.34. The van der Waals surface area contributed by atoms with Crippen LogP contribution in [0.5, 0.6) is 0 Å². The average molecular weight is 259 g/mol. The molecule has 0 aromatic carbocycles. The van der Waals surface area contributed by atoms with Crippen LogP contribution >= 0.6 is 0 Å². The summed E-state index contributed by atoms with van der Waals surface area (Å²) in [6, 6.07) is 2.95. The van der Waals surface area contributed by atoms with Crippen LogP contribution < -0.4 is 0 Å². The number of hydrogen-bond acceptors (Lipinski definition) is 4. The van der Waals surface area contributed by atoms with Crippen LogP contribution in [0.4, 0.5) is 0 Å². The van der Waals surface area contributed by atoms with Gasteiger partial charge >= 0.3 is 5.97 Å². The van der Waals surface area contributed by atoms with Gasteiger partial charge in [-0.1, -0.05) is 0 Å². The fraction of sp³-hybridized carbons (Fsp3) is 0.500. The molecule has 17 heavy (non-hydrogen) atoms. The van der Waals surface area contributed by atoms with Crippen molar-refractivity contribution in [1.29, 1.82) is 0 Å². The third-order valence-electron chi connectivity index (χ3n) is 2.81. The maximum absolute atomic E-state index is 12.1. The summed E-state index contributed by atoms with van der Waals surface area (Å²) in [6.45, 7) is 1.89. The molecule has 1 N–H and O–H groups in total. The first-order valence-corrected chi connectivity index (χ1v) is 6.64. The van der Waals surface area contributed by atoms with E-state index in [-0.39, 0.29) is 18.2 Å². The van der Waals surface area contributed by atoms with Crippen molar-refractivity contribution in [3.63, 3.8) is 0 Å². The lowest BCUT2D eigenvalue weighted by atomic mass is 10.1. The molecule has 1 aliphatic heterocycles. The summed E-state index contributed by atoms with van der Waals surface area (Å²) in [5.41, 5.74) is 0. The molecule has 1 saturated heterocycles. The van der Waals surface area contributed by atoms with Crippen LogP contribution in [0.1, 0.15) is 12.2 Å². The molecular formula is C10H13NO5S. The molecule has 0 aliphatic carbocycles. The molecule has 2 rings (SSSR count). The maximum atomic E-state index is 12.1. The zero-order valence-corrected chi connectivity index (χ0v) is 10.1. The van der Waals surface area contributed by atoms with Gasteiger partial charge in [0.05, 0.1) is 5.92 Å². The van der Waals surface area contributed by atoms with Crippen LogP contribution in [-0.4, -0.2) is 36.9 Å². The van der Waals surface area contributed by atoms with E-state index in [2.05, 4.69) is 0 Å². The Morgan fingerprint density at radius 3 is 2.71 bits per heavy atom. The van der Waals surface area contributed by atoms with E-state index in [4.69, 9.17) is 9.52 Å². The first kappa shape index (κ1) is 12.1. The number of carboxylic acids is 1. The fourth-order valence-electron chi connectivity index (χ4n) is 1.83. The minimum Gasteiger partial charge on any atom is -0.481 e. The van der Waals surface area contributed by atoms with Gasteiger partial charge in [0.15, 0.2) is 0 Å². The number of nitrogens with zero attached hydrogens (tertiary/aromatic N) is 1. The van der Waals surface area contributed by atoms with Gasteiger partial charge in [0.25, 0.3) is 10.0 Å².